The Morgan fingerprint density at radius 1 is 1.19 bits per heavy atom. The standard InChI is InChI=1S/C20H20N4OS2/c1-14-12-15(2)24(22-14)10-9-23(19(25)13-16-6-5-11-26-16)20-21-17-7-3-4-8-18(17)27-20/h3-8,11-12H,9-10,13H2,1-2H3. The molecule has 1 aromatic carbocycles. The number of amides is 1. The van der Waals surface area contributed by atoms with Gasteiger partial charge in [-0.2, -0.15) is 5.10 Å². The molecule has 1 amide bonds. The molecule has 0 unspecified atom stereocenters. The highest BCUT2D eigenvalue weighted by Crippen LogP contribution is 2.29. The maximum Gasteiger partial charge on any atom is 0.234 e. The SMILES string of the molecule is Cc1cc(C)n(CCN(C(=O)Cc2cccs2)c2nc3ccccc3s2)n1. The fourth-order valence-electron chi connectivity index (χ4n) is 3.06. The minimum absolute atomic E-state index is 0.0676. The quantitative estimate of drug-likeness (QED) is 0.484. The molecular weight excluding hydrogens is 376 g/mol. The van der Waals surface area contributed by atoms with E-state index in [2.05, 4.69) is 11.2 Å². The van der Waals surface area contributed by atoms with Gasteiger partial charge in [0.25, 0.3) is 0 Å². The first-order chi connectivity index (χ1) is 13.1. The monoisotopic (exact) mass is 396 g/mol. The Hall–Kier alpha value is -2.51. The van der Waals surface area contributed by atoms with E-state index in [1.54, 1.807) is 27.6 Å². The third kappa shape index (κ3) is 3.94. The maximum atomic E-state index is 13.1. The topological polar surface area (TPSA) is 51.0 Å². The first-order valence-corrected chi connectivity index (χ1v) is 10.5. The largest absolute Gasteiger partial charge is 0.286 e. The lowest BCUT2D eigenvalue weighted by Crippen LogP contribution is -2.35. The van der Waals surface area contributed by atoms with E-state index in [9.17, 15) is 4.79 Å². The van der Waals surface area contributed by atoms with Crippen LogP contribution in [0.1, 0.15) is 16.3 Å². The lowest BCUT2D eigenvalue weighted by molar-refractivity contribution is -0.118. The van der Waals surface area contributed by atoms with E-state index in [-0.39, 0.29) is 5.91 Å². The van der Waals surface area contributed by atoms with Crippen molar-refractivity contribution in [3.63, 3.8) is 0 Å². The summed E-state index contributed by atoms with van der Waals surface area (Å²) in [7, 11) is 0. The Balaban J connectivity index is 1.61. The normalized spacial score (nSPS) is 11.2. The van der Waals surface area contributed by atoms with E-state index in [4.69, 9.17) is 4.98 Å². The first-order valence-electron chi connectivity index (χ1n) is 8.79. The summed E-state index contributed by atoms with van der Waals surface area (Å²) in [6.45, 7) is 5.21. The van der Waals surface area contributed by atoms with Crippen LogP contribution in [-0.4, -0.2) is 27.2 Å². The highest BCUT2D eigenvalue weighted by Gasteiger charge is 2.20. The summed E-state index contributed by atoms with van der Waals surface area (Å²) >= 11 is 3.17. The summed E-state index contributed by atoms with van der Waals surface area (Å²) in [6, 6.07) is 14.0. The molecule has 0 fully saturated rings. The number of aromatic nitrogens is 3. The van der Waals surface area contributed by atoms with Crippen molar-refractivity contribution in [1.82, 2.24) is 14.8 Å². The second-order valence-corrected chi connectivity index (χ2v) is 8.46. The van der Waals surface area contributed by atoms with Gasteiger partial charge in [0.15, 0.2) is 5.13 Å². The van der Waals surface area contributed by atoms with Gasteiger partial charge in [-0.1, -0.05) is 29.5 Å². The van der Waals surface area contributed by atoms with Crippen LogP contribution >= 0.6 is 22.7 Å². The van der Waals surface area contributed by atoms with Gasteiger partial charge in [0, 0.05) is 17.1 Å². The number of nitrogens with zero attached hydrogens (tertiary/aromatic N) is 4. The van der Waals surface area contributed by atoms with Crippen LogP contribution in [0.2, 0.25) is 0 Å². The van der Waals surface area contributed by atoms with Crippen LogP contribution < -0.4 is 4.90 Å². The number of anilines is 1. The molecule has 4 rings (SSSR count). The predicted molar refractivity (Wildman–Crippen MR) is 112 cm³/mol. The van der Waals surface area contributed by atoms with Crippen molar-refractivity contribution in [2.45, 2.75) is 26.8 Å². The maximum absolute atomic E-state index is 13.1. The third-order valence-corrected chi connectivity index (χ3v) is 6.29. The zero-order chi connectivity index (χ0) is 18.8. The molecule has 27 heavy (non-hydrogen) atoms. The molecule has 0 aliphatic carbocycles. The number of aryl methyl sites for hydroxylation is 2. The van der Waals surface area contributed by atoms with Crippen LogP contribution in [0.4, 0.5) is 5.13 Å². The molecule has 5 nitrogen and oxygen atoms in total. The van der Waals surface area contributed by atoms with E-state index >= 15 is 0 Å². The van der Waals surface area contributed by atoms with Crippen molar-refractivity contribution in [2.24, 2.45) is 0 Å². The number of carbonyl (C=O) groups excluding carboxylic acids is 1. The predicted octanol–water partition coefficient (Wildman–Crippen LogP) is 4.45. The number of rotatable bonds is 6. The summed E-state index contributed by atoms with van der Waals surface area (Å²) in [4.78, 5) is 20.6. The number of carbonyl (C=O) groups is 1. The molecule has 0 spiro atoms. The van der Waals surface area contributed by atoms with Gasteiger partial charge in [0.1, 0.15) is 0 Å². The molecule has 0 aliphatic rings. The van der Waals surface area contributed by atoms with Gasteiger partial charge >= 0.3 is 0 Å². The van der Waals surface area contributed by atoms with E-state index in [0.29, 0.717) is 19.5 Å². The van der Waals surface area contributed by atoms with Gasteiger partial charge in [0.05, 0.1) is 28.9 Å². The molecule has 0 atom stereocenters. The molecule has 0 N–H and O–H groups in total. The van der Waals surface area contributed by atoms with Crippen molar-refractivity contribution < 1.29 is 4.79 Å². The van der Waals surface area contributed by atoms with E-state index < -0.39 is 0 Å². The second kappa shape index (κ2) is 7.62. The minimum Gasteiger partial charge on any atom is -0.286 e. The Kier molecular flexibility index (Phi) is 5.05. The van der Waals surface area contributed by atoms with Gasteiger partial charge in [-0.3, -0.25) is 14.4 Å². The highest BCUT2D eigenvalue weighted by molar-refractivity contribution is 7.22. The van der Waals surface area contributed by atoms with E-state index in [1.807, 2.05) is 60.3 Å². The molecule has 7 heteroatoms. The molecule has 0 saturated heterocycles. The summed E-state index contributed by atoms with van der Waals surface area (Å²) in [5.74, 6) is 0.0676. The van der Waals surface area contributed by atoms with Crippen LogP contribution in [0.3, 0.4) is 0 Å². The van der Waals surface area contributed by atoms with Crippen LogP contribution in [0.15, 0.2) is 47.8 Å². The molecule has 138 valence electrons. The number of hydrogen-bond donors (Lipinski definition) is 0. The van der Waals surface area contributed by atoms with Crippen LogP contribution in [0.25, 0.3) is 10.2 Å². The number of thiophene rings is 1. The van der Waals surface area contributed by atoms with Crippen LogP contribution in [0.5, 0.6) is 0 Å². The number of fused-ring (bicyclic) bond motifs is 1. The van der Waals surface area contributed by atoms with Gasteiger partial charge in [-0.25, -0.2) is 4.98 Å². The molecule has 0 aliphatic heterocycles. The second-order valence-electron chi connectivity index (χ2n) is 6.42. The Labute approximate surface area is 165 Å². The van der Waals surface area contributed by atoms with Crippen molar-refractivity contribution in [3.8, 4) is 0 Å². The Morgan fingerprint density at radius 2 is 2.04 bits per heavy atom. The zero-order valence-corrected chi connectivity index (χ0v) is 16.9. The minimum atomic E-state index is 0.0676. The number of thiazole rings is 1. The molecule has 0 saturated carbocycles. The lowest BCUT2D eigenvalue weighted by Gasteiger charge is -2.20. The van der Waals surface area contributed by atoms with Crippen molar-refractivity contribution >= 4 is 43.9 Å². The van der Waals surface area contributed by atoms with E-state index in [0.717, 1.165) is 31.6 Å². The molecule has 3 aromatic heterocycles. The molecule has 3 heterocycles. The molecular formula is C20H20N4OS2. The van der Waals surface area contributed by atoms with Crippen LogP contribution in [-0.2, 0) is 17.8 Å². The van der Waals surface area contributed by atoms with Gasteiger partial charge in [-0.05, 0) is 43.5 Å². The first kappa shape index (κ1) is 17.9. The summed E-state index contributed by atoms with van der Waals surface area (Å²) < 4.78 is 3.04. The fraction of sp³-hybridized carbons (Fsp3) is 0.250. The lowest BCUT2D eigenvalue weighted by atomic mass is 10.3. The third-order valence-electron chi connectivity index (χ3n) is 4.36. The van der Waals surface area contributed by atoms with Crippen molar-refractivity contribution in [3.05, 3.63) is 64.1 Å². The van der Waals surface area contributed by atoms with Crippen molar-refractivity contribution in [2.75, 3.05) is 11.4 Å². The van der Waals surface area contributed by atoms with E-state index in [1.165, 1.54) is 0 Å². The molecule has 0 radical (unpaired) electrons. The average Bonchev–Trinajstić information content (AvgIpc) is 3.35. The van der Waals surface area contributed by atoms with Crippen LogP contribution in [0, 0.1) is 13.8 Å². The Bertz CT molecular complexity index is 1030. The molecule has 0 bridgehead atoms. The fourth-order valence-corrected chi connectivity index (χ4v) is 4.76. The average molecular weight is 397 g/mol. The summed E-state index contributed by atoms with van der Waals surface area (Å²) in [6.07, 6.45) is 0.394. The number of para-hydroxylation sites is 1. The van der Waals surface area contributed by atoms with Crippen molar-refractivity contribution in [1.29, 1.82) is 0 Å². The van der Waals surface area contributed by atoms with Gasteiger partial charge in [-0.15, -0.1) is 11.3 Å². The zero-order valence-electron chi connectivity index (χ0n) is 15.3. The number of benzene rings is 1. The number of hydrogen-bond acceptors (Lipinski definition) is 5. The smallest absolute Gasteiger partial charge is 0.234 e. The van der Waals surface area contributed by atoms with Gasteiger partial charge < -0.3 is 0 Å². The summed E-state index contributed by atoms with van der Waals surface area (Å²) in [5, 5.41) is 7.27. The Morgan fingerprint density at radius 3 is 2.74 bits per heavy atom. The highest BCUT2D eigenvalue weighted by atomic mass is 32.1. The summed E-state index contributed by atoms with van der Waals surface area (Å²) in [5.41, 5.74) is 3.02. The molecule has 4 aromatic rings. The van der Waals surface area contributed by atoms with Gasteiger partial charge in [0.2, 0.25) is 5.91 Å².